The molecule has 0 aliphatic rings. The summed E-state index contributed by atoms with van der Waals surface area (Å²) in [6.45, 7) is 1.52. The first-order chi connectivity index (χ1) is 9.83. The number of benzene rings is 1. The third kappa shape index (κ3) is 3.97. The van der Waals surface area contributed by atoms with Crippen molar-refractivity contribution in [2.24, 2.45) is 0 Å². The van der Waals surface area contributed by atoms with Gasteiger partial charge in [-0.15, -0.1) is 11.3 Å². The Hall–Kier alpha value is -0.630. The topological polar surface area (TPSA) is 66.4 Å². The smallest absolute Gasteiger partial charge is 0.250 e. The summed E-state index contributed by atoms with van der Waals surface area (Å²) in [5.74, 6) is 0. The maximum atomic E-state index is 12.3. The van der Waals surface area contributed by atoms with Crippen molar-refractivity contribution < 1.29 is 13.5 Å². The van der Waals surface area contributed by atoms with Crippen molar-refractivity contribution in [2.75, 3.05) is 0 Å². The van der Waals surface area contributed by atoms with Gasteiger partial charge < -0.3 is 5.11 Å². The molecule has 0 aliphatic carbocycles. The van der Waals surface area contributed by atoms with Gasteiger partial charge in [0, 0.05) is 21.0 Å². The Bertz CT molecular complexity index is 744. The molecule has 114 valence electrons. The van der Waals surface area contributed by atoms with Crippen molar-refractivity contribution in [3.05, 3.63) is 50.8 Å². The van der Waals surface area contributed by atoms with Crippen molar-refractivity contribution in [1.82, 2.24) is 4.72 Å². The highest BCUT2D eigenvalue weighted by atomic mass is 35.5. The molecule has 0 bridgehead atoms. The highest BCUT2D eigenvalue weighted by Crippen LogP contribution is 2.28. The summed E-state index contributed by atoms with van der Waals surface area (Å²) in [7, 11) is -3.66. The third-order valence-corrected chi connectivity index (χ3v) is 6.48. The second-order valence-corrected chi connectivity index (χ2v) is 8.34. The van der Waals surface area contributed by atoms with E-state index in [1.807, 2.05) is 0 Å². The minimum Gasteiger partial charge on any atom is -0.391 e. The van der Waals surface area contributed by atoms with Gasteiger partial charge in [0.15, 0.2) is 0 Å². The Morgan fingerprint density at radius 1 is 1.29 bits per heavy atom. The van der Waals surface area contributed by atoms with Gasteiger partial charge in [-0.3, -0.25) is 0 Å². The van der Waals surface area contributed by atoms with Crippen molar-refractivity contribution in [1.29, 1.82) is 0 Å². The molecule has 0 radical (unpaired) electrons. The fraction of sp³-hybridized carbons (Fsp3) is 0.231. The van der Waals surface area contributed by atoms with Crippen LogP contribution in [0.25, 0.3) is 0 Å². The SMILES string of the molecule is CC(NS(=O)(=O)c1ccc(CO)s1)c1ccc(Cl)cc1Cl. The average Bonchev–Trinajstić information content (AvgIpc) is 2.87. The number of hydrogen-bond donors (Lipinski definition) is 2. The van der Waals surface area contributed by atoms with Gasteiger partial charge in [0.25, 0.3) is 10.0 Å². The van der Waals surface area contributed by atoms with Crippen LogP contribution in [0.5, 0.6) is 0 Å². The number of halogens is 2. The van der Waals surface area contributed by atoms with E-state index in [0.717, 1.165) is 11.3 Å². The minimum atomic E-state index is -3.66. The predicted octanol–water partition coefficient (Wildman–Crippen LogP) is 3.59. The van der Waals surface area contributed by atoms with Gasteiger partial charge in [0.2, 0.25) is 0 Å². The summed E-state index contributed by atoms with van der Waals surface area (Å²) in [4.78, 5) is 0.590. The van der Waals surface area contributed by atoms with Gasteiger partial charge >= 0.3 is 0 Å². The van der Waals surface area contributed by atoms with Gasteiger partial charge in [-0.25, -0.2) is 13.1 Å². The lowest BCUT2D eigenvalue weighted by molar-refractivity contribution is 0.285. The molecule has 4 nitrogen and oxygen atoms in total. The van der Waals surface area contributed by atoms with Crippen LogP contribution in [0.1, 0.15) is 23.4 Å². The number of aliphatic hydroxyl groups is 1. The fourth-order valence-corrected chi connectivity index (χ4v) is 4.82. The Labute approximate surface area is 137 Å². The van der Waals surface area contributed by atoms with Crippen LogP contribution in [0.2, 0.25) is 10.0 Å². The molecule has 0 amide bonds. The number of sulfonamides is 1. The van der Waals surface area contributed by atoms with E-state index < -0.39 is 16.1 Å². The highest BCUT2D eigenvalue weighted by Gasteiger charge is 2.21. The summed E-state index contributed by atoms with van der Waals surface area (Å²) in [5.41, 5.74) is 0.642. The van der Waals surface area contributed by atoms with Crippen LogP contribution in [0, 0.1) is 0 Å². The first kappa shape index (κ1) is 16.7. The molecule has 21 heavy (non-hydrogen) atoms. The van der Waals surface area contributed by atoms with Crippen molar-refractivity contribution in [3.8, 4) is 0 Å². The van der Waals surface area contributed by atoms with E-state index in [9.17, 15) is 8.42 Å². The van der Waals surface area contributed by atoms with E-state index in [2.05, 4.69) is 4.72 Å². The summed E-state index contributed by atoms with van der Waals surface area (Å²) in [6, 6.07) is 7.46. The number of hydrogen-bond acceptors (Lipinski definition) is 4. The highest BCUT2D eigenvalue weighted by molar-refractivity contribution is 7.91. The Balaban J connectivity index is 2.23. The standard InChI is InChI=1S/C13H13Cl2NO3S2/c1-8(11-4-2-9(14)6-12(11)15)16-21(18,19)13-5-3-10(7-17)20-13/h2-6,8,16-17H,7H2,1H3. The maximum Gasteiger partial charge on any atom is 0.250 e. The van der Waals surface area contributed by atoms with Crippen LogP contribution in [0.3, 0.4) is 0 Å². The zero-order valence-corrected chi connectivity index (χ0v) is 14.2. The maximum absolute atomic E-state index is 12.3. The molecule has 1 atom stereocenters. The van der Waals surface area contributed by atoms with E-state index in [0.29, 0.717) is 20.5 Å². The lowest BCUT2D eigenvalue weighted by Gasteiger charge is -2.15. The monoisotopic (exact) mass is 365 g/mol. The molecule has 1 aromatic carbocycles. The second kappa shape index (κ2) is 6.64. The molecule has 2 rings (SSSR count). The third-order valence-electron chi connectivity index (χ3n) is 2.82. The van der Waals surface area contributed by atoms with Crippen LogP contribution in [0.15, 0.2) is 34.5 Å². The molecule has 0 fully saturated rings. The van der Waals surface area contributed by atoms with E-state index in [1.165, 1.54) is 6.07 Å². The van der Waals surface area contributed by atoms with Gasteiger partial charge in [0.1, 0.15) is 4.21 Å². The van der Waals surface area contributed by atoms with Gasteiger partial charge in [-0.2, -0.15) is 0 Å². The van der Waals surface area contributed by atoms with E-state index >= 15 is 0 Å². The largest absolute Gasteiger partial charge is 0.391 e. The molecule has 1 unspecified atom stereocenters. The van der Waals surface area contributed by atoms with E-state index in [4.69, 9.17) is 28.3 Å². The lowest BCUT2D eigenvalue weighted by Crippen LogP contribution is -2.26. The van der Waals surface area contributed by atoms with Crippen molar-refractivity contribution in [2.45, 2.75) is 23.8 Å². The summed E-state index contributed by atoms with van der Waals surface area (Å²) in [5, 5.41) is 9.90. The van der Waals surface area contributed by atoms with Crippen LogP contribution in [-0.4, -0.2) is 13.5 Å². The van der Waals surface area contributed by atoms with Crippen LogP contribution >= 0.6 is 34.5 Å². The molecule has 0 spiro atoms. The summed E-state index contributed by atoms with van der Waals surface area (Å²) in [6.07, 6.45) is 0. The Morgan fingerprint density at radius 3 is 2.57 bits per heavy atom. The molecule has 8 heteroatoms. The van der Waals surface area contributed by atoms with Crippen LogP contribution in [-0.2, 0) is 16.6 Å². The van der Waals surface area contributed by atoms with Crippen molar-refractivity contribution >= 4 is 44.6 Å². The first-order valence-corrected chi connectivity index (χ1v) is 9.06. The number of rotatable bonds is 5. The van der Waals surface area contributed by atoms with Gasteiger partial charge in [-0.05, 0) is 36.8 Å². The summed E-state index contributed by atoms with van der Waals surface area (Å²) < 4.78 is 27.3. The molecule has 0 saturated carbocycles. The first-order valence-electron chi connectivity index (χ1n) is 6.00. The van der Waals surface area contributed by atoms with Crippen LogP contribution < -0.4 is 4.72 Å². The number of thiophene rings is 1. The minimum absolute atomic E-state index is 0.156. The molecule has 2 N–H and O–H groups in total. The fourth-order valence-electron chi connectivity index (χ4n) is 1.79. The predicted molar refractivity (Wildman–Crippen MR) is 85.4 cm³/mol. The molecule has 0 aliphatic heterocycles. The molecule has 0 saturated heterocycles. The van der Waals surface area contributed by atoms with E-state index in [1.54, 1.807) is 31.2 Å². The lowest BCUT2D eigenvalue weighted by atomic mass is 10.1. The average molecular weight is 366 g/mol. The van der Waals surface area contributed by atoms with Crippen LogP contribution in [0.4, 0.5) is 0 Å². The zero-order valence-electron chi connectivity index (χ0n) is 11.0. The normalized spacial score (nSPS) is 13.3. The van der Waals surface area contributed by atoms with Gasteiger partial charge in [-0.1, -0.05) is 29.3 Å². The molecule has 2 aromatic rings. The second-order valence-electron chi connectivity index (χ2n) is 4.39. The zero-order chi connectivity index (χ0) is 15.6. The Kier molecular flexibility index (Phi) is 5.29. The Morgan fingerprint density at radius 2 is 2.00 bits per heavy atom. The number of nitrogens with one attached hydrogen (secondary N) is 1. The van der Waals surface area contributed by atoms with Gasteiger partial charge in [0.05, 0.1) is 6.61 Å². The quantitative estimate of drug-likeness (QED) is 0.850. The van der Waals surface area contributed by atoms with E-state index in [-0.39, 0.29) is 10.8 Å². The molecule has 1 heterocycles. The number of aliphatic hydroxyl groups excluding tert-OH is 1. The van der Waals surface area contributed by atoms with Crippen molar-refractivity contribution in [3.63, 3.8) is 0 Å². The molecular weight excluding hydrogens is 353 g/mol. The molecule has 1 aromatic heterocycles. The summed E-state index contributed by atoms with van der Waals surface area (Å²) >= 11 is 12.9. The molecular formula is C13H13Cl2NO3S2.